The zero-order valence-corrected chi connectivity index (χ0v) is 8.81. The zero-order valence-electron chi connectivity index (χ0n) is 5.99. The first kappa shape index (κ1) is 13.0. The van der Waals surface area contributed by atoms with Crippen LogP contribution in [0.1, 0.15) is 6.92 Å². The number of rotatable bonds is 2. The van der Waals surface area contributed by atoms with Crippen LogP contribution in [0, 0.1) is 0 Å². The van der Waals surface area contributed by atoms with Crippen LogP contribution in [0.15, 0.2) is 23.6 Å². The zero-order chi connectivity index (χ0) is 7.49. The molecule has 3 nitrogen and oxygen atoms in total. The van der Waals surface area contributed by atoms with E-state index in [1.165, 1.54) is 13.0 Å². The second-order valence-electron chi connectivity index (χ2n) is 1.56. The molecule has 0 amide bonds. The van der Waals surface area contributed by atoms with Gasteiger partial charge in [-0.2, -0.15) is 0 Å². The van der Waals surface area contributed by atoms with Gasteiger partial charge in [-0.3, -0.25) is 0 Å². The molecule has 0 fully saturated rings. The average molecular weight is 170 g/mol. The smallest absolute Gasteiger partial charge is 0.744 e. The maximum Gasteiger partial charge on any atom is 1.00 e. The quantitative estimate of drug-likeness (QED) is 0.264. The summed E-state index contributed by atoms with van der Waals surface area (Å²) < 4.78 is 29.8. The Morgan fingerprint density at radius 2 is 2.00 bits per heavy atom. The maximum atomic E-state index is 9.92. The Morgan fingerprint density at radius 3 is 2.10 bits per heavy atom. The van der Waals surface area contributed by atoms with E-state index in [0.717, 1.165) is 0 Å². The van der Waals surface area contributed by atoms with E-state index in [-0.39, 0.29) is 29.6 Å². The van der Waals surface area contributed by atoms with E-state index in [4.69, 9.17) is 0 Å². The van der Waals surface area contributed by atoms with Crippen LogP contribution < -0.4 is 29.6 Å². The molecule has 0 radical (unpaired) electrons. The molecule has 5 heteroatoms. The van der Waals surface area contributed by atoms with Crippen LogP contribution in [0.25, 0.3) is 0 Å². The van der Waals surface area contributed by atoms with Gasteiger partial charge in [0.1, 0.15) is 10.1 Å². The topological polar surface area (TPSA) is 57.2 Å². The standard InChI is InChI=1S/C5H8O3S.Na/c1-3-5(2)4-9(6,7)8;/h3-4H,1H2,2H3,(H,6,7,8);/q;+1/p-1/b5-4+;. The predicted molar refractivity (Wildman–Crippen MR) is 33.7 cm³/mol. The molecule has 0 atom stereocenters. The van der Waals surface area contributed by atoms with Crippen molar-refractivity contribution in [1.29, 1.82) is 0 Å². The van der Waals surface area contributed by atoms with E-state index in [0.29, 0.717) is 11.0 Å². The van der Waals surface area contributed by atoms with Crippen LogP contribution in [0.2, 0.25) is 0 Å². The van der Waals surface area contributed by atoms with Gasteiger partial charge in [0.05, 0.1) is 0 Å². The molecule has 0 unspecified atom stereocenters. The van der Waals surface area contributed by atoms with Crippen LogP contribution in [0.5, 0.6) is 0 Å². The first-order valence-corrected chi connectivity index (χ1v) is 3.69. The van der Waals surface area contributed by atoms with Gasteiger partial charge in [-0.25, -0.2) is 8.42 Å². The van der Waals surface area contributed by atoms with Crippen LogP contribution >= 0.6 is 0 Å². The van der Waals surface area contributed by atoms with E-state index >= 15 is 0 Å². The molecule has 0 aliphatic rings. The fourth-order valence-corrected chi connectivity index (χ4v) is 0.827. The minimum atomic E-state index is -4.22. The van der Waals surface area contributed by atoms with Crippen molar-refractivity contribution < 1.29 is 42.5 Å². The van der Waals surface area contributed by atoms with Gasteiger partial charge >= 0.3 is 29.6 Å². The van der Waals surface area contributed by atoms with Gasteiger partial charge in [0.25, 0.3) is 0 Å². The van der Waals surface area contributed by atoms with Crippen molar-refractivity contribution in [1.82, 2.24) is 0 Å². The molecule has 0 saturated carbocycles. The second kappa shape index (κ2) is 5.09. The average Bonchev–Trinajstić information content (AvgIpc) is 1.62. The fourth-order valence-electron chi connectivity index (χ4n) is 0.276. The van der Waals surface area contributed by atoms with Crippen molar-refractivity contribution in [2.75, 3.05) is 0 Å². The molecule has 0 aliphatic heterocycles. The van der Waals surface area contributed by atoms with Crippen LogP contribution in [0.3, 0.4) is 0 Å². The third-order valence-electron chi connectivity index (χ3n) is 0.652. The predicted octanol–water partition coefficient (Wildman–Crippen LogP) is -2.37. The van der Waals surface area contributed by atoms with E-state index in [2.05, 4.69) is 6.58 Å². The first-order chi connectivity index (χ1) is 3.95. The summed E-state index contributed by atoms with van der Waals surface area (Å²) in [6, 6.07) is 0. The van der Waals surface area contributed by atoms with Crippen molar-refractivity contribution in [2.24, 2.45) is 0 Å². The van der Waals surface area contributed by atoms with Gasteiger partial charge in [-0.1, -0.05) is 12.7 Å². The molecule has 0 saturated heterocycles. The molecule has 10 heavy (non-hydrogen) atoms. The molecule has 0 aliphatic carbocycles. The maximum absolute atomic E-state index is 9.92. The Morgan fingerprint density at radius 1 is 1.60 bits per heavy atom. The summed E-state index contributed by atoms with van der Waals surface area (Å²) in [6.45, 7) is 4.76. The largest absolute Gasteiger partial charge is 1.00 e. The summed E-state index contributed by atoms with van der Waals surface area (Å²) in [5.74, 6) is 0. The minimum Gasteiger partial charge on any atom is -0.744 e. The van der Waals surface area contributed by atoms with E-state index in [9.17, 15) is 13.0 Å². The van der Waals surface area contributed by atoms with Gasteiger partial charge < -0.3 is 4.55 Å². The number of hydrogen-bond acceptors (Lipinski definition) is 3. The van der Waals surface area contributed by atoms with Crippen LogP contribution in [-0.2, 0) is 10.1 Å². The molecule has 0 N–H and O–H groups in total. The molecule has 0 rings (SSSR count). The summed E-state index contributed by atoms with van der Waals surface area (Å²) in [7, 11) is -4.22. The molecular weight excluding hydrogens is 163 g/mol. The summed E-state index contributed by atoms with van der Waals surface area (Å²) >= 11 is 0. The molecule has 0 heterocycles. The van der Waals surface area contributed by atoms with Crippen LogP contribution in [-0.4, -0.2) is 13.0 Å². The third kappa shape index (κ3) is 8.39. The Kier molecular flexibility index (Phi) is 6.63. The van der Waals surface area contributed by atoms with Gasteiger partial charge in [0.2, 0.25) is 0 Å². The molecule has 0 bridgehead atoms. The fraction of sp³-hybridized carbons (Fsp3) is 0.200. The Hall–Kier alpha value is 0.390. The normalized spacial score (nSPS) is 12.0. The minimum absolute atomic E-state index is 0. The van der Waals surface area contributed by atoms with E-state index < -0.39 is 10.1 Å². The van der Waals surface area contributed by atoms with Crippen LogP contribution in [0.4, 0.5) is 0 Å². The third-order valence-corrected chi connectivity index (χ3v) is 1.31. The SMILES string of the molecule is C=C/C(C)=C/S(=O)(=O)[O-].[Na+]. The van der Waals surface area contributed by atoms with Crippen molar-refractivity contribution in [3.63, 3.8) is 0 Å². The summed E-state index contributed by atoms with van der Waals surface area (Å²) in [4.78, 5) is 0. The number of hydrogen-bond donors (Lipinski definition) is 0. The van der Waals surface area contributed by atoms with E-state index in [1.54, 1.807) is 0 Å². The Balaban J connectivity index is 0. The Bertz CT molecular complexity index is 227. The van der Waals surface area contributed by atoms with Crippen molar-refractivity contribution in [2.45, 2.75) is 6.92 Å². The molecule has 0 aromatic carbocycles. The molecule has 0 aromatic rings. The molecule has 52 valence electrons. The summed E-state index contributed by atoms with van der Waals surface area (Å²) in [6.07, 6.45) is 1.30. The second-order valence-corrected chi connectivity index (χ2v) is 2.78. The van der Waals surface area contributed by atoms with Gasteiger partial charge in [0.15, 0.2) is 0 Å². The van der Waals surface area contributed by atoms with Crippen molar-refractivity contribution >= 4 is 10.1 Å². The monoisotopic (exact) mass is 170 g/mol. The summed E-state index contributed by atoms with van der Waals surface area (Å²) in [5.41, 5.74) is 0.352. The van der Waals surface area contributed by atoms with Crippen molar-refractivity contribution in [3.8, 4) is 0 Å². The molecule has 0 spiro atoms. The Labute approximate surface area is 82.9 Å². The van der Waals surface area contributed by atoms with Gasteiger partial charge in [-0.15, -0.1) is 0 Å². The van der Waals surface area contributed by atoms with Crippen molar-refractivity contribution in [3.05, 3.63) is 23.6 Å². The number of allylic oxidation sites excluding steroid dienone is 2. The molecular formula is C5H7NaO3S. The van der Waals surface area contributed by atoms with Gasteiger partial charge in [-0.05, 0) is 12.5 Å². The van der Waals surface area contributed by atoms with E-state index in [1.807, 2.05) is 0 Å². The molecule has 0 aromatic heterocycles. The first-order valence-electron chi connectivity index (χ1n) is 2.22. The van der Waals surface area contributed by atoms with Gasteiger partial charge in [0, 0.05) is 5.41 Å². The summed E-state index contributed by atoms with van der Waals surface area (Å²) in [5, 5.41) is 0.625.